The topological polar surface area (TPSA) is 108 Å². The van der Waals surface area contributed by atoms with Crippen LogP contribution in [0.4, 0.5) is 0 Å². The van der Waals surface area contributed by atoms with E-state index < -0.39 is 24.3 Å². The highest BCUT2D eigenvalue weighted by atomic mass is 16.7. The molecule has 0 fully saturated rings. The number of hydrogen-bond donors (Lipinski definition) is 1. The number of quaternary nitrogens is 1. The molecular formula is C50H88NO8+. The molecule has 0 aromatic carbocycles. The fourth-order valence-corrected chi connectivity index (χ4v) is 6.16. The van der Waals surface area contributed by atoms with Crippen molar-refractivity contribution in [2.75, 3.05) is 47.5 Å². The minimum atomic E-state index is -1.52. The summed E-state index contributed by atoms with van der Waals surface area (Å²) in [7, 11) is 5.94. The molecule has 0 bridgehead atoms. The van der Waals surface area contributed by atoms with Crippen molar-refractivity contribution in [3.8, 4) is 0 Å². The molecule has 0 heterocycles. The predicted molar refractivity (Wildman–Crippen MR) is 244 cm³/mol. The van der Waals surface area contributed by atoms with Gasteiger partial charge in [0.25, 0.3) is 6.29 Å². The van der Waals surface area contributed by atoms with Crippen LogP contribution >= 0.6 is 0 Å². The predicted octanol–water partition coefficient (Wildman–Crippen LogP) is 12.6. The third-order valence-electron chi connectivity index (χ3n) is 9.79. The summed E-state index contributed by atoms with van der Waals surface area (Å²) < 4.78 is 22.7. The average Bonchev–Trinajstić information content (AvgIpc) is 3.19. The van der Waals surface area contributed by atoms with Gasteiger partial charge in [-0.15, -0.1) is 0 Å². The maximum atomic E-state index is 12.8. The molecule has 0 aliphatic heterocycles. The minimum absolute atomic E-state index is 0.179. The Balaban J connectivity index is 4.48. The fraction of sp³-hybridized carbons (Fsp3) is 0.740. The molecule has 0 aromatic rings. The van der Waals surface area contributed by atoms with E-state index in [1.54, 1.807) is 0 Å². The van der Waals surface area contributed by atoms with E-state index in [1.807, 2.05) is 21.1 Å². The van der Waals surface area contributed by atoms with Crippen LogP contribution in [0.2, 0.25) is 0 Å². The number of carboxylic acid groups (broad SMARTS) is 1. The third-order valence-corrected chi connectivity index (χ3v) is 9.79. The number of carbonyl (C=O) groups is 3. The van der Waals surface area contributed by atoms with Gasteiger partial charge in [0.2, 0.25) is 0 Å². The molecule has 0 saturated heterocycles. The minimum Gasteiger partial charge on any atom is -0.477 e. The van der Waals surface area contributed by atoms with Crippen LogP contribution in [0.3, 0.4) is 0 Å². The zero-order valence-corrected chi connectivity index (χ0v) is 38.4. The molecule has 9 nitrogen and oxygen atoms in total. The number of aliphatic carboxylic acids is 1. The number of unbranched alkanes of at least 4 members (excludes halogenated alkanes) is 17. The lowest BCUT2D eigenvalue weighted by Crippen LogP contribution is -2.40. The molecule has 2 unspecified atom stereocenters. The molecule has 0 rings (SSSR count). The van der Waals surface area contributed by atoms with Crippen molar-refractivity contribution in [2.45, 2.75) is 193 Å². The Bertz CT molecular complexity index is 1150. The Kier molecular flexibility index (Phi) is 39.6. The maximum Gasteiger partial charge on any atom is 0.361 e. The number of allylic oxidation sites excluding steroid dienone is 10. The van der Waals surface area contributed by atoms with Gasteiger partial charge in [0.1, 0.15) is 13.2 Å². The summed E-state index contributed by atoms with van der Waals surface area (Å²) in [6, 6.07) is 0. The highest BCUT2D eigenvalue weighted by Crippen LogP contribution is 2.15. The fourth-order valence-electron chi connectivity index (χ4n) is 6.16. The average molecular weight is 831 g/mol. The summed E-state index contributed by atoms with van der Waals surface area (Å²) in [6.07, 6.45) is 47.1. The van der Waals surface area contributed by atoms with Crippen LogP contribution in [0.5, 0.6) is 0 Å². The summed E-state index contributed by atoms with van der Waals surface area (Å²) >= 11 is 0. The number of carboxylic acids is 1. The summed E-state index contributed by atoms with van der Waals surface area (Å²) in [5, 5.41) is 9.64. The van der Waals surface area contributed by atoms with Crippen molar-refractivity contribution in [3.05, 3.63) is 60.8 Å². The molecular weight excluding hydrogens is 743 g/mol. The number of likely N-dealkylation sites (N-methyl/N-ethyl adjacent to an activating group) is 1. The second-order valence-electron chi connectivity index (χ2n) is 16.7. The largest absolute Gasteiger partial charge is 0.477 e. The second-order valence-corrected chi connectivity index (χ2v) is 16.7. The standard InChI is InChI=1S/C50H87NO8/c1-6-8-10-12-14-16-18-20-22-23-24-25-27-29-31-33-35-37-39-41-48(53)59-46(45-58-50(49(54)55)56-43-42-51(3,4)5)44-57-47(52)40-38-36-34-32-30-28-26-21-19-17-15-13-11-9-7-2/h8,10,14,16,20,22,24-25,29,31,46,50H,6-7,9,11-13,15,17-19,21,23,26-28,30,32-45H2,1-5H3/p+1/b10-8-,16-14-,22-20-,25-24-,31-29-. The first-order chi connectivity index (χ1) is 28.6. The number of ether oxygens (including phenoxy) is 4. The number of rotatable bonds is 42. The highest BCUT2D eigenvalue weighted by Gasteiger charge is 2.25. The van der Waals surface area contributed by atoms with Gasteiger partial charge in [0, 0.05) is 12.8 Å². The van der Waals surface area contributed by atoms with Gasteiger partial charge >= 0.3 is 17.9 Å². The Labute approximate surface area is 361 Å². The van der Waals surface area contributed by atoms with Crippen molar-refractivity contribution in [2.24, 2.45) is 0 Å². The van der Waals surface area contributed by atoms with Crippen molar-refractivity contribution in [1.82, 2.24) is 0 Å². The lowest BCUT2D eigenvalue weighted by Gasteiger charge is -2.25. The van der Waals surface area contributed by atoms with Crippen LogP contribution in [0.15, 0.2) is 60.8 Å². The molecule has 0 amide bonds. The summed E-state index contributed by atoms with van der Waals surface area (Å²) in [5.74, 6) is -2.05. The van der Waals surface area contributed by atoms with Gasteiger partial charge in [-0.25, -0.2) is 4.79 Å². The number of carbonyl (C=O) groups excluding carboxylic acids is 2. The van der Waals surface area contributed by atoms with Crippen LogP contribution in [-0.2, 0) is 33.3 Å². The molecule has 9 heteroatoms. The molecule has 2 atom stereocenters. The van der Waals surface area contributed by atoms with Crippen molar-refractivity contribution in [3.63, 3.8) is 0 Å². The van der Waals surface area contributed by atoms with Crippen LogP contribution < -0.4 is 0 Å². The summed E-state index contributed by atoms with van der Waals surface area (Å²) in [6.45, 7) is 4.71. The molecule has 340 valence electrons. The van der Waals surface area contributed by atoms with Crippen LogP contribution in [0, 0.1) is 0 Å². The van der Waals surface area contributed by atoms with Crippen molar-refractivity contribution >= 4 is 17.9 Å². The van der Waals surface area contributed by atoms with Crippen LogP contribution in [-0.4, -0.2) is 87.4 Å². The summed E-state index contributed by atoms with van der Waals surface area (Å²) in [5.41, 5.74) is 0. The first-order valence-electron chi connectivity index (χ1n) is 23.5. The first kappa shape index (κ1) is 56.0. The zero-order valence-electron chi connectivity index (χ0n) is 38.4. The number of esters is 2. The van der Waals surface area contributed by atoms with Crippen molar-refractivity contribution < 1.29 is 42.9 Å². The quantitative estimate of drug-likeness (QED) is 0.0213. The van der Waals surface area contributed by atoms with E-state index >= 15 is 0 Å². The number of hydrogen-bond acceptors (Lipinski definition) is 7. The van der Waals surface area contributed by atoms with Crippen molar-refractivity contribution in [1.29, 1.82) is 0 Å². The Morgan fingerprint density at radius 1 is 0.525 bits per heavy atom. The smallest absolute Gasteiger partial charge is 0.361 e. The van der Waals surface area contributed by atoms with Gasteiger partial charge in [-0.05, 0) is 57.8 Å². The molecule has 0 aliphatic carbocycles. The highest BCUT2D eigenvalue weighted by molar-refractivity contribution is 5.71. The van der Waals surface area contributed by atoms with E-state index in [-0.39, 0.29) is 32.2 Å². The molecule has 0 spiro atoms. The normalized spacial score (nSPS) is 13.4. The lowest BCUT2D eigenvalue weighted by molar-refractivity contribution is -0.870. The molecule has 59 heavy (non-hydrogen) atoms. The first-order valence-corrected chi connectivity index (χ1v) is 23.5. The van der Waals surface area contributed by atoms with Crippen LogP contribution in [0.1, 0.15) is 181 Å². The third kappa shape index (κ3) is 42.9. The molecule has 0 saturated carbocycles. The summed E-state index contributed by atoms with van der Waals surface area (Å²) in [4.78, 5) is 37.2. The van der Waals surface area contributed by atoms with Gasteiger partial charge < -0.3 is 28.5 Å². The molecule has 0 aliphatic rings. The van der Waals surface area contributed by atoms with Gasteiger partial charge in [0.15, 0.2) is 6.10 Å². The van der Waals surface area contributed by atoms with E-state index in [9.17, 15) is 19.5 Å². The van der Waals surface area contributed by atoms with Gasteiger partial charge in [-0.1, -0.05) is 171 Å². The van der Waals surface area contributed by atoms with E-state index in [4.69, 9.17) is 18.9 Å². The SMILES string of the molecule is CC/C=C\C/C=C\C/C=C\C/C=C\C/C=C\CCCCCC(=O)OC(COC(=O)CCCCCCCCCCCCCCCCC)COC(OCC[N+](C)(C)C)C(=O)O. The van der Waals surface area contributed by atoms with Crippen LogP contribution in [0.25, 0.3) is 0 Å². The lowest BCUT2D eigenvalue weighted by atomic mass is 10.0. The number of nitrogens with zero attached hydrogens (tertiary/aromatic N) is 1. The van der Waals surface area contributed by atoms with Gasteiger partial charge in [-0.2, -0.15) is 0 Å². The maximum absolute atomic E-state index is 12.8. The zero-order chi connectivity index (χ0) is 43.5. The monoisotopic (exact) mass is 831 g/mol. The van der Waals surface area contributed by atoms with Gasteiger partial charge in [-0.3, -0.25) is 9.59 Å². The Hall–Kier alpha value is -3.01. The van der Waals surface area contributed by atoms with E-state index in [1.165, 1.54) is 77.0 Å². The molecule has 0 aromatic heterocycles. The van der Waals surface area contributed by atoms with E-state index in [0.717, 1.165) is 70.6 Å². The molecule has 0 radical (unpaired) electrons. The van der Waals surface area contributed by atoms with Gasteiger partial charge in [0.05, 0.1) is 34.4 Å². The second kappa shape index (κ2) is 41.7. The van der Waals surface area contributed by atoms with E-state index in [2.05, 4.69) is 74.6 Å². The van der Waals surface area contributed by atoms with E-state index in [0.29, 0.717) is 23.9 Å². The molecule has 1 N–H and O–H groups in total. The Morgan fingerprint density at radius 2 is 0.966 bits per heavy atom. The Morgan fingerprint density at radius 3 is 1.44 bits per heavy atom.